The molecule has 7 nitrogen and oxygen atoms in total. The number of pyridine rings is 1. The largest absolute Gasteiger partial charge is 0.496 e. The van der Waals surface area contributed by atoms with E-state index in [2.05, 4.69) is 10.3 Å². The van der Waals surface area contributed by atoms with Crippen molar-refractivity contribution in [3.8, 4) is 22.6 Å². The lowest BCUT2D eigenvalue weighted by molar-refractivity contribution is 0.0698. The van der Waals surface area contributed by atoms with Crippen molar-refractivity contribution in [2.45, 2.75) is 20.8 Å². The van der Waals surface area contributed by atoms with Crippen molar-refractivity contribution in [2.24, 2.45) is 0 Å². The average molecular weight is 479 g/mol. The van der Waals surface area contributed by atoms with E-state index in [0.717, 1.165) is 50.3 Å². The molecule has 0 saturated heterocycles. The molecule has 0 amide bonds. The summed E-state index contributed by atoms with van der Waals surface area (Å²) >= 11 is 0. The normalized spacial score (nSPS) is 11.0. The summed E-state index contributed by atoms with van der Waals surface area (Å²) in [6, 6.07) is 21.1. The number of ether oxygens (including phenoxy) is 1. The van der Waals surface area contributed by atoms with E-state index < -0.39 is 5.97 Å². The molecule has 0 aliphatic carbocycles. The highest BCUT2D eigenvalue weighted by atomic mass is 16.5. The minimum absolute atomic E-state index is 0.195. The highest BCUT2D eigenvalue weighted by Crippen LogP contribution is 2.39. The third-order valence-corrected chi connectivity index (χ3v) is 6.36. The number of aromatic carboxylic acids is 1. The van der Waals surface area contributed by atoms with E-state index in [1.807, 2.05) is 80.1 Å². The molecular weight excluding hydrogens is 452 g/mol. The molecule has 2 aromatic heterocycles. The van der Waals surface area contributed by atoms with Gasteiger partial charge in [-0.25, -0.2) is 9.48 Å². The van der Waals surface area contributed by atoms with Crippen LogP contribution in [0.5, 0.6) is 5.75 Å². The molecule has 180 valence electrons. The number of nitrogens with zero attached hydrogens (tertiary/aromatic N) is 3. The van der Waals surface area contributed by atoms with Gasteiger partial charge in [0.15, 0.2) is 0 Å². The van der Waals surface area contributed by atoms with Crippen molar-refractivity contribution in [1.29, 1.82) is 0 Å². The zero-order chi connectivity index (χ0) is 25.4. The molecule has 5 aromatic rings. The van der Waals surface area contributed by atoms with Crippen LogP contribution in [0.1, 0.15) is 27.2 Å². The van der Waals surface area contributed by atoms with Crippen LogP contribution in [0.15, 0.2) is 72.9 Å². The number of carboxylic acids is 1. The quantitative estimate of drug-likeness (QED) is 0.291. The number of methoxy groups -OCH3 is 1. The molecular formula is C29H26N4O3. The van der Waals surface area contributed by atoms with Crippen LogP contribution in [0, 0.1) is 20.8 Å². The Labute approximate surface area is 209 Å². The van der Waals surface area contributed by atoms with Gasteiger partial charge in [0.05, 0.1) is 35.3 Å². The number of hydrogen-bond acceptors (Lipinski definition) is 5. The zero-order valence-corrected chi connectivity index (χ0v) is 20.5. The number of aromatic nitrogens is 3. The first-order chi connectivity index (χ1) is 17.4. The summed E-state index contributed by atoms with van der Waals surface area (Å²) in [5.41, 5.74) is 6.86. The van der Waals surface area contributed by atoms with Crippen LogP contribution in [0.3, 0.4) is 0 Å². The maximum Gasteiger partial charge on any atom is 0.337 e. The smallest absolute Gasteiger partial charge is 0.337 e. The first-order valence-electron chi connectivity index (χ1n) is 11.6. The summed E-state index contributed by atoms with van der Waals surface area (Å²) in [6.07, 6.45) is 1.72. The fourth-order valence-electron chi connectivity index (χ4n) is 4.55. The third kappa shape index (κ3) is 3.94. The van der Waals surface area contributed by atoms with Gasteiger partial charge >= 0.3 is 5.97 Å². The van der Waals surface area contributed by atoms with Crippen LogP contribution in [-0.2, 0) is 0 Å². The molecule has 0 bridgehead atoms. The molecule has 36 heavy (non-hydrogen) atoms. The van der Waals surface area contributed by atoms with E-state index in [9.17, 15) is 9.90 Å². The summed E-state index contributed by atoms with van der Waals surface area (Å²) in [4.78, 5) is 16.6. The first-order valence-corrected chi connectivity index (χ1v) is 11.6. The highest BCUT2D eigenvalue weighted by Gasteiger charge is 2.22. The zero-order valence-electron chi connectivity index (χ0n) is 20.5. The summed E-state index contributed by atoms with van der Waals surface area (Å²) < 4.78 is 7.35. The van der Waals surface area contributed by atoms with E-state index >= 15 is 0 Å². The van der Waals surface area contributed by atoms with Crippen LogP contribution in [0.4, 0.5) is 11.5 Å². The van der Waals surface area contributed by atoms with Crippen LogP contribution in [0.2, 0.25) is 0 Å². The van der Waals surface area contributed by atoms with Crippen molar-refractivity contribution in [1.82, 2.24) is 14.8 Å². The third-order valence-electron chi connectivity index (χ3n) is 6.36. The molecule has 0 saturated carbocycles. The van der Waals surface area contributed by atoms with Gasteiger partial charge in [0.1, 0.15) is 11.6 Å². The average Bonchev–Trinajstić information content (AvgIpc) is 3.19. The fourth-order valence-corrected chi connectivity index (χ4v) is 4.55. The number of aryl methyl sites for hydroxylation is 3. The molecule has 3 aromatic carbocycles. The lowest BCUT2D eigenvalue weighted by atomic mass is 10.0. The summed E-state index contributed by atoms with van der Waals surface area (Å²) in [7, 11) is 1.64. The molecule has 7 heteroatoms. The maximum atomic E-state index is 12.1. The Morgan fingerprint density at radius 2 is 1.75 bits per heavy atom. The first kappa shape index (κ1) is 23.1. The number of carboxylic acid groups (broad SMARTS) is 1. The number of rotatable bonds is 6. The van der Waals surface area contributed by atoms with E-state index in [0.29, 0.717) is 11.5 Å². The fraction of sp³-hybridized carbons (Fsp3) is 0.138. The van der Waals surface area contributed by atoms with E-state index in [1.165, 1.54) is 0 Å². The Morgan fingerprint density at radius 1 is 0.972 bits per heavy atom. The monoisotopic (exact) mass is 478 g/mol. The van der Waals surface area contributed by atoms with Gasteiger partial charge in [-0.05, 0) is 67.8 Å². The molecule has 2 heterocycles. The highest BCUT2D eigenvalue weighted by molar-refractivity contribution is 5.98. The molecule has 0 spiro atoms. The number of nitrogens with one attached hydrogen (secondary N) is 1. The standard InChI is InChI=1S/C29H26N4O3/c1-17-8-5-6-11-24(17)33-28(31-27-18(2)9-7-10-22(27)29(34)35)26(19(3)32-33)20-12-13-21-23(16-20)30-15-14-25(21)36-4/h5-16,31H,1-4H3,(H,34,35). The minimum atomic E-state index is -0.997. The van der Waals surface area contributed by atoms with Crippen LogP contribution in [0.25, 0.3) is 27.7 Å². The summed E-state index contributed by atoms with van der Waals surface area (Å²) in [5.74, 6) is 0.438. The van der Waals surface area contributed by atoms with Crippen LogP contribution < -0.4 is 10.1 Å². The van der Waals surface area contributed by atoms with Gasteiger partial charge in [-0.1, -0.05) is 36.4 Å². The number of carbonyl (C=O) groups is 1. The molecule has 5 rings (SSSR count). The lowest BCUT2D eigenvalue weighted by Crippen LogP contribution is -2.09. The van der Waals surface area contributed by atoms with Gasteiger partial charge in [-0.2, -0.15) is 5.10 Å². The van der Waals surface area contributed by atoms with Gasteiger partial charge < -0.3 is 15.2 Å². The second-order valence-electron chi connectivity index (χ2n) is 8.68. The second-order valence-corrected chi connectivity index (χ2v) is 8.68. The number of para-hydroxylation sites is 2. The molecule has 0 unspecified atom stereocenters. The second kappa shape index (κ2) is 9.19. The van der Waals surface area contributed by atoms with Crippen molar-refractivity contribution in [2.75, 3.05) is 12.4 Å². The van der Waals surface area contributed by atoms with Gasteiger partial charge in [-0.3, -0.25) is 4.98 Å². The number of hydrogen-bond donors (Lipinski definition) is 2. The Bertz CT molecular complexity index is 1620. The topological polar surface area (TPSA) is 89.3 Å². The van der Waals surface area contributed by atoms with Gasteiger partial charge in [0.2, 0.25) is 0 Å². The van der Waals surface area contributed by atoms with Gasteiger partial charge in [-0.15, -0.1) is 0 Å². The molecule has 2 N–H and O–H groups in total. The number of anilines is 2. The van der Waals surface area contributed by atoms with E-state index in [4.69, 9.17) is 9.84 Å². The molecule has 0 atom stereocenters. The Kier molecular flexibility index (Phi) is 5.90. The Hall–Kier alpha value is -4.65. The van der Waals surface area contributed by atoms with Gasteiger partial charge in [0, 0.05) is 17.1 Å². The number of fused-ring (bicyclic) bond motifs is 1. The Morgan fingerprint density at radius 3 is 2.50 bits per heavy atom. The minimum Gasteiger partial charge on any atom is -0.496 e. The Balaban J connectivity index is 1.77. The van der Waals surface area contributed by atoms with Crippen LogP contribution in [-0.4, -0.2) is 33.0 Å². The van der Waals surface area contributed by atoms with Gasteiger partial charge in [0.25, 0.3) is 0 Å². The number of benzene rings is 3. The SMILES string of the molecule is COc1ccnc2cc(-c3c(C)nn(-c4ccccc4C)c3Nc3c(C)cccc3C(=O)O)ccc12. The van der Waals surface area contributed by atoms with E-state index in [1.54, 1.807) is 25.4 Å². The maximum absolute atomic E-state index is 12.1. The van der Waals surface area contributed by atoms with Crippen molar-refractivity contribution in [3.05, 3.63) is 95.3 Å². The predicted molar refractivity (Wildman–Crippen MR) is 142 cm³/mol. The molecule has 0 radical (unpaired) electrons. The predicted octanol–water partition coefficient (Wildman–Crippen LogP) is 6.46. The van der Waals surface area contributed by atoms with Crippen molar-refractivity contribution < 1.29 is 14.6 Å². The summed E-state index contributed by atoms with van der Waals surface area (Å²) in [5, 5.41) is 19.1. The lowest BCUT2D eigenvalue weighted by Gasteiger charge is -2.17. The molecule has 0 fully saturated rings. The summed E-state index contributed by atoms with van der Waals surface area (Å²) in [6.45, 7) is 5.87. The molecule has 0 aliphatic rings. The van der Waals surface area contributed by atoms with Crippen molar-refractivity contribution in [3.63, 3.8) is 0 Å². The molecule has 0 aliphatic heterocycles. The van der Waals surface area contributed by atoms with Crippen molar-refractivity contribution >= 4 is 28.4 Å². The van der Waals surface area contributed by atoms with Crippen LogP contribution >= 0.6 is 0 Å². The van der Waals surface area contributed by atoms with E-state index in [-0.39, 0.29) is 5.56 Å².